The van der Waals surface area contributed by atoms with Gasteiger partial charge < -0.3 is 5.32 Å². The summed E-state index contributed by atoms with van der Waals surface area (Å²) in [6.07, 6.45) is 1.06. The fourth-order valence-corrected chi connectivity index (χ4v) is 6.17. The van der Waals surface area contributed by atoms with E-state index in [-0.39, 0.29) is 22.6 Å². The van der Waals surface area contributed by atoms with E-state index in [0.717, 1.165) is 5.56 Å². The van der Waals surface area contributed by atoms with Crippen LogP contribution < -0.4 is 10.0 Å². The highest BCUT2D eigenvalue weighted by molar-refractivity contribution is 7.92. The van der Waals surface area contributed by atoms with Gasteiger partial charge in [-0.25, -0.2) is 21.1 Å². The highest BCUT2D eigenvalue weighted by atomic mass is 32.2. The van der Waals surface area contributed by atoms with Crippen LogP contribution in [0.25, 0.3) is 0 Å². The number of anilines is 1. The van der Waals surface area contributed by atoms with Gasteiger partial charge in [0.1, 0.15) is 0 Å². The van der Waals surface area contributed by atoms with E-state index in [4.69, 9.17) is 0 Å². The van der Waals surface area contributed by atoms with Gasteiger partial charge in [0.2, 0.25) is 10.0 Å². The van der Waals surface area contributed by atoms with Crippen LogP contribution in [-0.4, -0.2) is 51.9 Å². The lowest BCUT2D eigenvalue weighted by molar-refractivity contribution is 0.0924. The van der Waals surface area contributed by atoms with Crippen LogP contribution in [0, 0.1) is 13.8 Å². The number of carbonyl (C=O) groups is 1. The minimum absolute atomic E-state index is 0.0643. The Balaban J connectivity index is 1.67. The van der Waals surface area contributed by atoms with Gasteiger partial charge in [0.15, 0.2) is 0 Å². The second-order valence-corrected chi connectivity index (χ2v) is 11.9. The van der Waals surface area contributed by atoms with Crippen LogP contribution in [0.5, 0.6) is 0 Å². The number of benzene rings is 2. The summed E-state index contributed by atoms with van der Waals surface area (Å²) in [6, 6.07) is 11.4. The molecule has 2 aromatic carbocycles. The minimum Gasteiger partial charge on any atom is -0.349 e. The first-order chi connectivity index (χ1) is 15.0. The summed E-state index contributed by atoms with van der Waals surface area (Å²) in [6.45, 7) is 5.92. The van der Waals surface area contributed by atoms with E-state index in [2.05, 4.69) is 10.0 Å². The Morgan fingerprint density at radius 1 is 1.03 bits per heavy atom. The molecule has 0 unspecified atom stereocenters. The van der Waals surface area contributed by atoms with Crippen molar-refractivity contribution in [2.45, 2.75) is 44.6 Å². The van der Waals surface area contributed by atoms with Gasteiger partial charge in [-0.05, 0) is 69.0 Å². The molecule has 2 aromatic rings. The molecule has 3 rings (SSSR count). The molecule has 0 atom stereocenters. The predicted molar refractivity (Wildman–Crippen MR) is 125 cm³/mol. The van der Waals surface area contributed by atoms with Crippen LogP contribution in [-0.2, 0) is 20.0 Å². The summed E-state index contributed by atoms with van der Waals surface area (Å²) in [5.41, 5.74) is 2.09. The lowest BCUT2D eigenvalue weighted by atomic mass is 10.1. The van der Waals surface area contributed by atoms with Gasteiger partial charge in [-0.2, -0.15) is 0 Å². The van der Waals surface area contributed by atoms with Crippen LogP contribution >= 0.6 is 0 Å². The molecular weight excluding hydrogens is 450 g/mol. The van der Waals surface area contributed by atoms with Crippen molar-refractivity contribution in [1.29, 1.82) is 0 Å². The minimum atomic E-state index is -3.80. The fraction of sp³-hybridized carbons (Fsp3) is 0.409. The zero-order valence-electron chi connectivity index (χ0n) is 18.5. The van der Waals surface area contributed by atoms with Crippen LogP contribution in [0.15, 0.2) is 47.4 Å². The van der Waals surface area contributed by atoms with Crippen molar-refractivity contribution in [1.82, 2.24) is 9.62 Å². The molecule has 0 spiro atoms. The molecule has 174 valence electrons. The highest BCUT2D eigenvalue weighted by Gasteiger charge is 2.27. The first-order valence-corrected chi connectivity index (χ1v) is 13.6. The Bertz CT molecular complexity index is 1200. The van der Waals surface area contributed by atoms with Crippen LogP contribution in [0.4, 0.5) is 5.69 Å². The normalized spacial score (nSPS) is 16.0. The van der Waals surface area contributed by atoms with Gasteiger partial charge in [0.05, 0.1) is 10.6 Å². The third-order valence-electron chi connectivity index (χ3n) is 5.56. The van der Waals surface area contributed by atoms with E-state index in [1.807, 2.05) is 13.0 Å². The predicted octanol–water partition coefficient (Wildman–Crippen LogP) is 2.65. The van der Waals surface area contributed by atoms with Crippen molar-refractivity contribution in [3.05, 3.63) is 59.2 Å². The van der Waals surface area contributed by atoms with Crippen molar-refractivity contribution < 1.29 is 21.6 Å². The van der Waals surface area contributed by atoms with Gasteiger partial charge in [-0.15, -0.1) is 0 Å². The van der Waals surface area contributed by atoms with Crippen molar-refractivity contribution in [3.63, 3.8) is 0 Å². The largest absolute Gasteiger partial charge is 0.349 e. The number of sulfonamides is 2. The summed E-state index contributed by atoms with van der Waals surface area (Å²) < 4.78 is 53.7. The van der Waals surface area contributed by atoms with Crippen LogP contribution in [0.3, 0.4) is 0 Å². The summed E-state index contributed by atoms with van der Waals surface area (Å²) in [5, 5.41) is 2.93. The Morgan fingerprint density at radius 3 is 2.38 bits per heavy atom. The van der Waals surface area contributed by atoms with E-state index in [1.165, 1.54) is 10.4 Å². The fourth-order valence-electron chi connectivity index (χ4n) is 3.66. The molecule has 1 aliphatic rings. The number of piperidine rings is 1. The van der Waals surface area contributed by atoms with Gasteiger partial charge in [-0.1, -0.05) is 18.2 Å². The number of aryl methyl sites for hydroxylation is 2. The molecule has 0 aromatic heterocycles. The van der Waals surface area contributed by atoms with E-state index in [0.29, 0.717) is 42.7 Å². The standard InChI is InChI=1S/C22H29N3O5S2/c1-4-31(27,28)25-12-10-19(11-13-25)23-22(26)18-6-5-7-20(15-18)24-32(29,30)21-14-16(2)8-9-17(21)3/h5-9,14-15,19,24H,4,10-13H2,1-3H3,(H,23,26). The van der Waals surface area contributed by atoms with E-state index in [1.54, 1.807) is 44.2 Å². The maximum Gasteiger partial charge on any atom is 0.262 e. The average Bonchev–Trinajstić information content (AvgIpc) is 2.75. The topological polar surface area (TPSA) is 113 Å². The quantitative estimate of drug-likeness (QED) is 0.634. The second kappa shape index (κ2) is 9.60. The molecule has 1 saturated heterocycles. The number of nitrogens with one attached hydrogen (secondary N) is 2. The molecule has 0 bridgehead atoms. The third-order valence-corrected chi connectivity index (χ3v) is 8.96. The molecule has 0 saturated carbocycles. The number of rotatable bonds is 7. The van der Waals surface area contributed by atoms with E-state index >= 15 is 0 Å². The number of carbonyl (C=O) groups excluding carboxylic acids is 1. The van der Waals surface area contributed by atoms with Gasteiger partial charge in [0, 0.05) is 30.4 Å². The molecule has 8 nitrogen and oxygen atoms in total. The number of amides is 1. The van der Waals surface area contributed by atoms with Crippen molar-refractivity contribution in [3.8, 4) is 0 Å². The maximum absolute atomic E-state index is 12.8. The molecular formula is C22H29N3O5S2. The molecule has 2 N–H and O–H groups in total. The zero-order chi connectivity index (χ0) is 23.5. The summed E-state index contributed by atoms with van der Waals surface area (Å²) in [5.74, 6) is -0.260. The Hall–Kier alpha value is -2.43. The number of nitrogens with zero attached hydrogens (tertiary/aromatic N) is 1. The Labute approximate surface area is 190 Å². The average molecular weight is 480 g/mol. The molecule has 0 aliphatic carbocycles. The SMILES string of the molecule is CCS(=O)(=O)N1CCC(NC(=O)c2cccc(NS(=O)(=O)c3cc(C)ccc3C)c2)CC1. The number of hydrogen-bond donors (Lipinski definition) is 2. The van der Waals surface area contributed by atoms with Crippen LogP contribution in [0.1, 0.15) is 41.3 Å². The molecule has 1 fully saturated rings. The smallest absolute Gasteiger partial charge is 0.262 e. The summed E-state index contributed by atoms with van der Waals surface area (Å²) in [4.78, 5) is 12.9. The molecule has 1 aliphatic heterocycles. The highest BCUT2D eigenvalue weighted by Crippen LogP contribution is 2.22. The van der Waals surface area contributed by atoms with Crippen molar-refractivity contribution >= 4 is 31.6 Å². The van der Waals surface area contributed by atoms with Gasteiger partial charge >= 0.3 is 0 Å². The molecule has 32 heavy (non-hydrogen) atoms. The van der Waals surface area contributed by atoms with Gasteiger partial charge in [-0.3, -0.25) is 9.52 Å². The Morgan fingerprint density at radius 2 is 1.72 bits per heavy atom. The van der Waals surface area contributed by atoms with E-state index in [9.17, 15) is 21.6 Å². The first kappa shape index (κ1) is 24.2. The second-order valence-electron chi connectivity index (χ2n) is 8.00. The lowest BCUT2D eigenvalue weighted by Gasteiger charge is -2.31. The summed E-state index contributed by atoms with van der Waals surface area (Å²) >= 11 is 0. The monoisotopic (exact) mass is 479 g/mol. The Kier molecular flexibility index (Phi) is 7.26. The first-order valence-electron chi connectivity index (χ1n) is 10.5. The third kappa shape index (κ3) is 5.67. The molecule has 0 radical (unpaired) electrons. The lowest BCUT2D eigenvalue weighted by Crippen LogP contribution is -2.46. The molecule has 1 heterocycles. The molecule has 1 amide bonds. The van der Waals surface area contributed by atoms with Crippen LogP contribution in [0.2, 0.25) is 0 Å². The van der Waals surface area contributed by atoms with Gasteiger partial charge in [0.25, 0.3) is 15.9 Å². The number of hydrogen-bond acceptors (Lipinski definition) is 5. The van der Waals surface area contributed by atoms with E-state index < -0.39 is 20.0 Å². The maximum atomic E-state index is 12.8. The van der Waals surface area contributed by atoms with Crippen molar-refractivity contribution in [2.75, 3.05) is 23.6 Å². The summed E-state index contributed by atoms with van der Waals surface area (Å²) in [7, 11) is -7.02. The zero-order valence-corrected chi connectivity index (χ0v) is 20.1. The molecule has 10 heteroatoms. The van der Waals surface area contributed by atoms with Crippen molar-refractivity contribution in [2.24, 2.45) is 0 Å².